The molecule has 6 heteroatoms. The third-order valence-electron chi connectivity index (χ3n) is 2.61. The number of carbonyl (C=O) groups is 1. The molecule has 0 amide bonds. The normalized spacial score (nSPS) is 10.8. The second-order valence-corrected chi connectivity index (χ2v) is 4.05. The molecule has 3 rings (SSSR count). The third kappa shape index (κ3) is 2.33. The van der Waals surface area contributed by atoms with E-state index in [4.69, 9.17) is 9.15 Å². The minimum atomic E-state index is -0.449. The zero-order valence-corrected chi connectivity index (χ0v) is 10.2. The predicted molar refractivity (Wildman–Crippen MR) is 66.3 cm³/mol. The van der Waals surface area contributed by atoms with Gasteiger partial charge in [-0.15, -0.1) is 0 Å². The van der Waals surface area contributed by atoms with Crippen LogP contribution >= 0.6 is 0 Å². The van der Waals surface area contributed by atoms with Crippen molar-refractivity contribution in [1.82, 2.24) is 14.8 Å². The van der Waals surface area contributed by atoms with Crippen molar-refractivity contribution in [3.8, 4) is 0 Å². The fourth-order valence-corrected chi connectivity index (χ4v) is 1.72. The summed E-state index contributed by atoms with van der Waals surface area (Å²) >= 11 is 0. The van der Waals surface area contributed by atoms with E-state index in [2.05, 4.69) is 10.1 Å². The molecule has 0 N–H and O–H groups in total. The van der Waals surface area contributed by atoms with Crippen molar-refractivity contribution in [3.05, 3.63) is 48.1 Å². The monoisotopic (exact) mass is 257 g/mol. The number of carbonyl (C=O) groups excluding carboxylic acids is 1. The highest BCUT2D eigenvalue weighted by molar-refractivity contribution is 5.88. The molecule has 0 fully saturated rings. The van der Waals surface area contributed by atoms with E-state index in [0.717, 1.165) is 5.52 Å². The van der Waals surface area contributed by atoms with Gasteiger partial charge in [0.1, 0.15) is 5.52 Å². The van der Waals surface area contributed by atoms with Gasteiger partial charge in [0.25, 0.3) is 0 Å². The number of aryl methyl sites for hydroxylation is 1. The Hall–Kier alpha value is -2.63. The molecule has 6 nitrogen and oxygen atoms in total. The summed E-state index contributed by atoms with van der Waals surface area (Å²) in [7, 11) is 1.73. The highest BCUT2D eigenvalue weighted by Crippen LogP contribution is 2.15. The Labute approximate surface area is 108 Å². The Morgan fingerprint density at radius 2 is 2.26 bits per heavy atom. The van der Waals surface area contributed by atoms with Crippen molar-refractivity contribution in [2.24, 2.45) is 7.05 Å². The van der Waals surface area contributed by atoms with E-state index in [1.165, 1.54) is 10.9 Å². The maximum absolute atomic E-state index is 11.7. The maximum Gasteiger partial charge on any atom is 0.341 e. The lowest BCUT2D eigenvalue weighted by molar-refractivity contribution is 0.0440. The van der Waals surface area contributed by atoms with Gasteiger partial charge in [-0.3, -0.25) is 4.68 Å². The van der Waals surface area contributed by atoms with E-state index in [1.54, 1.807) is 13.2 Å². The molecule has 1 aromatic carbocycles. The second kappa shape index (κ2) is 4.56. The first kappa shape index (κ1) is 11.5. The molecule has 0 saturated heterocycles. The fraction of sp³-hybridized carbons (Fsp3) is 0.154. The van der Waals surface area contributed by atoms with Crippen molar-refractivity contribution in [2.75, 3.05) is 0 Å². The van der Waals surface area contributed by atoms with Crippen molar-refractivity contribution in [1.29, 1.82) is 0 Å². The average molecular weight is 257 g/mol. The van der Waals surface area contributed by atoms with Crippen LogP contribution in [0.25, 0.3) is 11.1 Å². The van der Waals surface area contributed by atoms with Crippen molar-refractivity contribution in [2.45, 2.75) is 6.61 Å². The number of ether oxygens (including phenoxy) is 1. The van der Waals surface area contributed by atoms with Gasteiger partial charge in [0.05, 0.1) is 11.8 Å². The average Bonchev–Trinajstić information content (AvgIpc) is 3.01. The number of fused-ring (bicyclic) bond motifs is 1. The quantitative estimate of drug-likeness (QED) is 0.670. The molecule has 3 aromatic rings. The Bertz CT molecular complexity index is 696. The zero-order chi connectivity index (χ0) is 13.2. The summed E-state index contributed by atoms with van der Waals surface area (Å²) in [4.78, 5) is 15.9. The molecule has 2 aromatic heterocycles. The van der Waals surface area contributed by atoms with Gasteiger partial charge in [0.2, 0.25) is 5.89 Å². The van der Waals surface area contributed by atoms with Gasteiger partial charge >= 0.3 is 5.97 Å². The maximum atomic E-state index is 11.7. The lowest BCUT2D eigenvalue weighted by Gasteiger charge is -1.98. The highest BCUT2D eigenvalue weighted by atomic mass is 16.5. The van der Waals surface area contributed by atoms with Crippen LogP contribution in [0.2, 0.25) is 0 Å². The van der Waals surface area contributed by atoms with Crippen molar-refractivity contribution in [3.63, 3.8) is 0 Å². The molecule has 19 heavy (non-hydrogen) atoms. The molecule has 96 valence electrons. The van der Waals surface area contributed by atoms with Crippen LogP contribution in [0.1, 0.15) is 16.2 Å². The zero-order valence-electron chi connectivity index (χ0n) is 10.2. The summed E-state index contributed by atoms with van der Waals surface area (Å²) in [5.74, 6) is -0.0752. The number of aromatic nitrogens is 3. The lowest BCUT2D eigenvalue weighted by atomic mass is 10.3. The Balaban J connectivity index is 1.70. The van der Waals surface area contributed by atoms with Gasteiger partial charge in [-0.2, -0.15) is 5.10 Å². The molecule has 0 spiro atoms. The number of hydrogen-bond acceptors (Lipinski definition) is 5. The molecule has 0 unspecified atom stereocenters. The van der Waals surface area contributed by atoms with Gasteiger partial charge in [0.15, 0.2) is 12.2 Å². The molecule has 2 heterocycles. The molecule has 0 atom stereocenters. The van der Waals surface area contributed by atoms with E-state index >= 15 is 0 Å². The van der Waals surface area contributed by atoms with E-state index in [0.29, 0.717) is 17.0 Å². The largest absolute Gasteiger partial charge is 0.452 e. The summed E-state index contributed by atoms with van der Waals surface area (Å²) in [6.45, 7) is 0.00239. The smallest absolute Gasteiger partial charge is 0.341 e. The van der Waals surface area contributed by atoms with Gasteiger partial charge in [0, 0.05) is 13.2 Å². The first-order valence-electron chi connectivity index (χ1n) is 5.72. The summed E-state index contributed by atoms with van der Waals surface area (Å²) in [6.07, 6.45) is 3.04. The Kier molecular flexibility index (Phi) is 2.75. The number of oxazole rings is 1. The fourth-order valence-electron chi connectivity index (χ4n) is 1.72. The Morgan fingerprint density at radius 3 is 3.00 bits per heavy atom. The lowest BCUT2D eigenvalue weighted by Crippen LogP contribution is -2.04. The minimum absolute atomic E-state index is 0.00239. The first-order chi connectivity index (χ1) is 9.22. The summed E-state index contributed by atoms with van der Waals surface area (Å²) in [5.41, 5.74) is 1.82. The SMILES string of the molecule is Cn1cc(C(=O)OCc2nc3ccccc3o2)cn1. The topological polar surface area (TPSA) is 70.2 Å². The van der Waals surface area contributed by atoms with Crippen LogP contribution in [-0.2, 0) is 18.4 Å². The second-order valence-electron chi connectivity index (χ2n) is 4.05. The summed E-state index contributed by atoms with van der Waals surface area (Å²) in [5, 5.41) is 3.90. The van der Waals surface area contributed by atoms with Crippen LogP contribution in [0.3, 0.4) is 0 Å². The molecule has 0 aliphatic rings. The predicted octanol–water partition coefficient (Wildman–Crippen LogP) is 1.92. The molecule has 0 radical (unpaired) electrons. The molecule has 0 bridgehead atoms. The van der Waals surface area contributed by atoms with Crippen LogP contribution in [-0.4, -0.2) is 20.7 Å². The third-order valence-corrected chi connectivity index (χ3v) is 2.61. The summed E-state index contributed by atoms with van der Waals surface area (Å²) < 4.78 is 12.1. The molecule has 0 saturated carbocycles. The molecule has 0 aliphatic heterocycles. The molecular formula is C13H11N3O3. The van der Waals surface area contributed by atoms with Gasteiger partial charge in [-0.1, -0.05) is 12.1 Å². The van der Waals surface area contributed by atoms with Crippen LogP contribution < -0.4 is 0 Å². The number of rotatable bonds is 3. The van der Waals surface area contributed by atoms with E-state index in [9.17, 15) is 4.79 Å². The number of esters is 1. The van der Waals surface area contributed by atoms with E-state index in [-0.39, 0.29) is 6.61 Å². The highest BCUT2D eigenvalue weighted by Gasteiger charge is 2.12. The van der Waals surface area contributed by atoms with Crippen LogP contribution in [0.5, 0.6) is 0 Å². The van der Waals surface area contributed by atoms with Crippen LogP contribution in [0.4, 0.5) is 0 Å². The van der Waals surface area contributed by atoms with E-state index < -0.39 is 5.97 Å². The van der Waals surface area contributed by atoms with Gasteiger partial charge in [-0.05, 0) is 12.1 Å². The van der Waals surface area contributed by atoms with Crippen molar-refractivity contribution < 1.29 is 13.9 Å². The number of para-hydroxylation sites is 2. The number of benzene rings is 1. The van der Waals surface area contributed by atoms with Gasteiger partial charge < -0.3 is 9.15 Å². The van der Waals surface area contributed by atoms with Crippen molar-refractivity contribution >= 4 is 17.1 Å². The standard InChI is InChI=1S/C13H11N3O3/c1-16-7-9(6-14-16)13(17)18-8-12-15-10-4-2-3-5-11(10)19-12/h2-7H,8H2,1H3. The van der Waals surface area contributed by atoms with E-state index in [1.807, 2.05) is 24.3 Å². The molecule has 0 aliphatic carbocycles. The van der Waals surface area contributed by atoms with Crippen LogP contribution in [0.15, 0.2) is 41.1 Å². The van der Waals surface area contributed by atoms with Gasteiger partial charge in [-0.25, -0.2) is 9.78 Å². The van der Waals surface area contributed by atoms with Crippen LogP contribution in [0, 0.1) is 0 Å². The molecular weight excluding hydrogens is 246 g/mol. The Morgan fingerprint density at radius 1 is 1.42 bits per heavy atom. The summed E-state index contributed by atoms with van der Waals surface area (Å²) in [6, 6.07) is 7.38. The minimum Gasteiger partial charge on any atom is -0.452 e. The number of nitrogens with zero attached hydrogens (tertiary/aromatic N) is 3. The first-order valence-corrected chi connectivity index (χ1v) is 5.72. The number of hydrogen-bond donors (Lipinski definition) is 0.